The highest BCUT2D eigenvalue weighted by atomic mass is 35.5. The molecular weight excluding hydrogens is 298 g/mol. The molecule has 0 saturated carbocycles. The van der Waals surface area contributed by atoms with Gasteiger partial charge in [0, 0.05) is 35.0 Å². The van der Waals surface area contributed by atoms with Crippen LogP contribution in [0.3, 0.4) is 0 Å². The first-order chi connectivity index (χ1) is 10.6. The van der Waals surface area contributed by atoms with Crippen LogP contribution >= 0.6 is 11.6 Å². The van der Waals surface area contributed by atoms with Gasteiger partial charge < -0.3 is 4.90 Å². The number of hydrogen-bond acceptors (Lipinski definition) is 2. The molecule has 1 aliphatic carbocycles. The molecule has 0 spiro atoms. The van der Waals surface area contributed by atoms with Crippen molar-refractivity contribution in [2.24, 2.45) is 0 Å². The number of Topliss-reactive ketones (excluding diaryl/α,β-unsaturated/α-hetero) is 1. The average molecular weight is 312 g/mol. The molecule has 2 aromatic carbocycles. The maximum absolute atomic E-state index is 12.5. The molecule has 1 amide bonds. The lowest BCUT2D eigenvalue weighted by Crippen LogP contribution is -2.39. The number of benzene rings is 2. The summed E-state index contributed by atoms with van der Waals surface area (Å²) in [6, 6.07) is 14.8. The third-order valence-corrected chi connectivity index (χ3v) is 4.87. The Kier molecular flexibility index (Phi) is 3.05. The van der Waals surface area contributed by atoms with Gasteiger partial charge in [0.1, 0.15) is 0 Å². The Bertz CT molecular complexity index is 769. The monoisotopic (exact) mass is 311 g/mol. The third-order valence-electron chi connectivity index (χ3n) is 4.62. The molecule has 0 N–H and O–H groups in total. The van der Waals surface area contributed by atoms with Gasteiger partial charge in [0.25, 0.3) is 0 Å². The van der Waals surface area contributed by atoms with Crippen LogP contribution in [0.5, 0.6) is 0 Å². The molecule has 0 aromatic heterocycles. The van der Waals surface area contributed by atoms with Crippen LogP contribution in [0.15, 0.2) is 48.5 Å². The van der Waals surface area contributed by atoms with Gasteiger partial charge in [0.15, 0.2) is 5.78 Å². The van der Waals surface area contributed by atoms with Crippen molar-refractivity contribution in [3.63, 3.8) is 0 Å². The van der Waals surface area contributed by atoms with Gasteiger partial charge in [-0.1, -0.05) is 35.9 Å². The van der Waals surface area contributed by atoms with Gasteiger partial charge in [-0.15, -0.1) is 0 Å². The topological polar surface area (TPSA) is 37.4 Å². The van der Waals surface area contributed by atoms with E-state index in [-0.39, 0.29) is 23.7 Å². The molecule has 1 saturated heterocycles. The molecule has 1 fully saturated rings. The summed E-state index contributed by atoms with van der Waals surface area (Å²) in [6.45, 7) is 0. The van der Waals surface area contributed by atoms with E-state index in [1.54, 1.807) is 17.0 Å². The molecule has 22 heavy (non-hydrogen) atoms. The first kappa shape index (κ1) is 13.5. The normalized spacial score (nSPS) is 23.4. The van der Waals surface area contributed by atoms with Gasteiger partial charge in [0.05, 0.1) is 6.04 Å². The SMILES string of the molecule is O=C1C[C@H]2[C@@H](CC(=O)N2c2ccc(Cl)cc2)c2ccccc21. The number of ketones is 1. The second-order valence-corrected chi connectivity index (χ2v) is 6.27. The second kappa shape index (κ2) is 4.96. The molecule has 3 nitrogen and oxygen atoms in total. The lowest BCUT2D eigenvalue weighted by atomic mass is 9.79. The van der Waals surface area contributed by atoms with Crippen LogP contribution < -0.4 is 4.90 Å². The zero-order chi connectivity index (χ0) is 15.3. The van der Waals surface area contributed by atoms with E-state index in [4.69, 9.17) is 11.6 Å². The Hall–Kier alpha value is -2.13. The minimum atomic E-state index is -0.0870. The van der Waals surface area contributed by atoms with Gasteiger partial charge in [-0.05, 0) is 29.8 Å². The van der Waals surface area contributed by atoms with E-state index in [0.29, 0.717) is 17.9 Å². The number of rotatable bonds is 1. The summed E-state index contributed by atoms with van der Waals surface area (Å²) in [4.78, 5) is 26.7. The number of anilines is 1. The molecular formula is C18H14ClNO2. The standard InChI is InChI=1S/C18H14ClNO2/c19-11-5-7-12(8-6-11)20-16-10-17(21)14-4-2-1-3-13(14)15(16)9-18(20)22/h1-8,15-16H,9-10H2/t15-,16-/m0/s1. The summed E-state index contributed by atoms with van der Waals surface area (Å²) in [5, 5.41) is 0.636. The number of amides is 1. The quantitative estimate of drug-likeness (QED) is 0.803. The van der Waals surface area contributed by atoms with Gasteiger partial charge in [-0.25, -0.2) is 0 Å². The molecule has 0 unspecified atom stereocenters. The van der Waals surface area contributed by atoms with E-state index >= 15 is 0 Å². The number of hydrogen-bond donors (Lipinski definition) is 0. The first-order valence-corrected chi connectivity index (χ1v) is 7.72. The predicted molar refractivity (Wildman–Crippen MR) is 85.5 cm³/mol. The number of carbonyl (C=O) groups is 2. The van der Waals surface area contributed by atoms with E-state index in [0.717, 1.165) is 16.8 Å². The minimum absolute atomic E-state index is 0.0711. The van der Waals surface area contributed by atoms with Crippen LogP contribution in [0.25, 0.3) is 0 Å². The highest BCUT2D eigenvalue weighted by Crippen LogP contribution is 2.43. The van der Waals surface area contributed by atoms with Crippen molar-refractivity contribution in [1.29, 1.82) is 0 Å². The van der Waals surface area contributed by atoms with Crippen molar-refractivity contribution >= 4 is 29.0 Å². The molecule has 4 heteroatoms. The fourth-order valence-corrected chi connectivity index (χ4v) is 3.78. The summed E-state index contributed by atoms with van der Waals surface area (Å²) in [6.07, 6.45) is 0.841. The van der Waals surface area contributed by atoms with Crippen LogP contribution in [0.4, 0.5) is 5.69 Å². The minimum Gasteiger partial charge on any atom is -0.308 e. The van der Waals surface area contributed by atoms with E-state index in [1.807, 2.05) is 36.4 Å². The van der Waals surface area contributed by atoms with Crippen LogP contribution in [-0.4, -0.2) is 17.7 Å². The summed E-state index contributed by atoms with van der Waals surface area (Å²) in [5.74, 6) is 0.282. The van der Waals surface area contributed by atoms with Crippen molar-refractivity contribution in [3.05, 3.63) is 64.7 Å². The fraction of sp³-hybridized carbons (Fsp3) is 0.222. The molecule has 1 aliphatic heterocycles. The van der Waals surface area contributed by atoms with Crippen LogP contribution in [0, 0.1) is 0 Å². The fourth-order valence-electron chi connectivity index (χ4n) is 3.65. The Labute approximate surface area is 133 Å². The Morgan fingerprint density at radius 2 is 1.68 bits per heavy atom. The van der Waals surface area contributed by atoms with Crippen LogP contribution in [0.2, 0.25) is 5.02 Å². The first-order valence-electron chi connectivity index (χ1n) is 7.35. The van der Waals surface area contributed by atoms with Gasteiger partial charge >= 0.3 is 0 Å². The summed E-state index contributed by atoms with van der Waals surface area (Å²) < 4.78 is 0. The molecule has 0 bridgehead atoms. The summed E-state index contributed by atoms with van der Waals surface area (Å²) >= 11 is 5.92. The van der Waals surface area contributed by atoms with Crippen molar-refractivity contribution in [2.45, 2.75) is 24.8 Å². The Morgan fingerprint density at radius 3 is 2.45 bits per heavy atom. The van der Waals surface area contributed by atoms with E-state index in [1.165, 1.54) is 0 Å². The smallest absolute Gasteiger partial charge is 0.227 e. The van der Waals surface area contributed by atoms with Crippen molar-refractivity contribution in [1.82, 2.24) is 0 Å². The summed E-state index contributed by atoms with van der Waals surface area (Å²) in [5.41, 5.74) is 2.59. The molecule has 0 radical (unpaired) electrons. The summed E-state index contributed by atoms with van der Waals surface area (Å²) in [7, 11) is 0. The number of carbonyl (C=O) groups excluding carboxylic acids is 2. The van der Waals surface area contributed by atoms with E-state index in [9.17, 15) is 9.59 Å². The lowest BCUT2D eigenvalue weighted by Gasteiger charge is -2.32. The molecule has 2 atom stereocenters. The average Bonchev–Trinajstić information content (AvgIpc) is 2.85. The van der Waals surface area contributed by atoms with Crippen molar-refractivity contribution in [2.75, 3.05) is 4.90 Å². The van der Waals surface area contributed by atoms with Gasteiger partial charge in [-0.2, -0.15) is 0 Å². The molecule has 110 valence electrons. The lowest BCUT2D eigenvalue weighted by molar-refractivity contribution is -0.117. The maximum atomic E-state index is 12.5. The van der Waals surface area contributed by atoms with E-state index < -0.39 is 0 Å². The number of nitrogens with zero attached hydrogens (tertiary/aromatic N) is 1. The Morgan fingerprint density at radius 1 is 0.955 bits per heavy atom. The molecule has 2 aliphatic rings. The van der Waals surface area contributed by atoms with Crippen molar-refractivity contribution in [3.8, 4) is 0 Å². The number of halogens is 1. The highest BCUT2D eigenvalue weighted by Gasteiger charge is 2.46. The Balaban J connectivity index is 1.78. The second-order valence-electron chi connectivity index (χ2n) is 5.83. The van der Waals surface area contributed by atoms with Crippen LogP contribution in [-0.2, 0) is 4.79 Å². The largest absolute Gasteiger partial charge is 0.308 e. The molecule has 4 rings (SSSR count). The molecule has 1 heterocycles. The predicted octanol–water partition coefficient (Wildman–Crippen LogP) is 3.82. The van der Waals surface area contributed by atoms with Gasteiger partial charge in [0.2, 0.25) is 5.91 Å². The van der Waals surface area contributed by atoms with Crippen LogP contribution in [0.1, 0.15) is 34.7 Å². The zero-order valence-electron chi connectivity index (χ0n) is 11.8. The zero-order valence-corrected chi connectivity index (χ0v) is 12.6. The van der Waals surface area contributed by atoms with E-state index in [2.05, 4.69) is 0 Å². The van der Waals surface area contributed by atoms with Gasteiger partial charge in [-0.3, -0.25) is 9.59 Å². The third kappa shape index (κ3) is 1.97. The molecule has 2 aromatic rings. The maximum Gasteiger partial charge on any atom is 0.227 e. The highest BCUT2D eigenvalue weighted by molar-refractivity contribution is 6.30. The van der Waals surface area contributed by atoms with Crippen molar-refractivity contribution < 1.29 is 9.59 Å². The number of fused-ring (bicyclic) bond motifs is 3.